The van der Waals surface area contributed by atoms with Crippen molar-refractivity contribution in [2.45, 2.75) is 20.3 Å². The van der Waals surface area contributed by atoms with E-state index in [2.05, 4.69) is 10.6 Å². The Labute approximate surface area is 163 Å². The lowest BCUT2D eigenvalue weighted by Crippen LogP contribution is -3.11. The van der Waals surface area contributed by atoms with E-state index in [0.29, 0.717) is 11.3 Å². The second-order valence-corrected chi connectivity index (χ2v) is 6.67. The molecule has 0 saturated heterocycles. The normalized spacial score (nSPS) is 11.5. The molecule has 1 atom stereocenters. The van der Waals surface area contributed by atoms with E-state index in [9.17, 15) is 19.7 Å². The number of anilines is 2. The first-order valence-corrected chi connectivity index (χ1v) is 9.04. The number of aryl methyl sites for hydroxylation is 2. The molecule has 2 aromatic carbocycles. The van der Waals surface area contributed by atoms with Gasteiger partial charge in [-0.25, -0.2) is 0 Å². The fourth-order valence-electron chi connectivity index (χ4n) is 2.85. The standard InChI is InChI=1S/C20H24N4O4/c1-4-15-7-5-6-8-18(15)22-20(26)13-23(3)12-19(25)21-17-10-9-16(24(27)28)11-14(17)2/h5-11H,4,12-13H2,1-3H3,(H,21,25)(H,22,26)/p+1. The summed E-state index contributed by atoms with van der Waals surface area (Å²) >= 11 is 0. The second-order valence-electron chi connectivity index (χ2n) is 6.67. The zero-order chi connectivity index (χ0) is 20.7. The van der Waals surface area contributed by atoms with E-state index in [1.165, 1.54) is 18.2 Å². The van der Waals surface area contributed by atoms with Crippen LogP contribution in [0, 0.1) is 17.0 Å². The first kappa shape index (κ1) is 21.0. The summed E-state index contributed by atoms with van der Waals surface area (Å²) in [5.74, 6) is -0.436. The molecule has 8 nitrogen and oxygen atoms in total. The molecule has 2 aromatic rings. The van der Waals surface area contributed by atoms with Gasteiger partial charge in [0.2, 0.25) is 0 Å². The quantitative estimate of drug-likeness (QED) is 0.474. The van der Waals surface area contributed by atoms with Crippen molar-refractivity contribution in [3.63, 3.8) is 0 Å². The van der Waals surface area contributed by atoms with Crippen LogP contribution in [0.2, 0.25) is 0 Å². The zero-order valence-corrected chi connectivity index (χ0v) is 16.2. The van der Waals surface area contributed by atoms with Crippen LogP contribution in [0.1, 0.15) is 18.1 Å². The van der Waals surface area contributed by atoms with Crippen LogP contribution < -0.4 is 15.5 Å². The Morgan fingerprint density at radius 1 is 1.04 bits per heavy atom. The molecule has 3 N–H and O–H groups in total. The molecule has 0 aliphatic carbocycles. The van der Waals surface area contributed by atoms with Gasteiger partial charge in [-0.1, -0.05) is 25.1 Å². The molecule has 0 saturated carbocycles. The molecule has 0 aromatic heterocycles. The fraction of sp³-hybridized carbons (Fsp3) is 0.300. The molecule has 0 bridgehead atoms. The number of nitrogens with one attached hydrogen (secondary N) is 3. The van der Waals surface area contributed by atoms with Crippen LogP contribution >= 0.6 is 0 Å². The van der Waals surface area contributed by atoms with E-state index in [1.807, 2.05) is 31.2 Å². The van der Waals surface area contributed by atoms with Gasteiger partial charge in [-0.3, -0.25) is 19.7 Å². The van der Waals surface area contributed by atoms with Gasteiger partial charge in [0.15, 0.2) is 13.1 Å². The molecule has 0 heterocycles. The van der Waals surface area contributed by atoms with E-state index in [4.69, 9.17) is 0 Å². The second kappa shape index (κ2) is 9.61. The fourth-order valence-corrected chi connectivity index (χ4v) is 2.85. The van der Waals surface area contributed by atoms with Crippen molar-refractivity contribution in [2.75, 3.05) is 30.8 Å². The molecular formula is C20H25N4O4+. The largest absolute Gasteiger partial charge is 0.322 e. The van der Waals surface area contributed by atoms with E-state index < -0.39 is 4.92 Å². The van der Waals surface area contributed by atoms with Gasteiger partial charge < -0.3 is 15.5 Å². The van der Waals surface area contributed by atoms with Crippen molar-refractivity contribution >= 4 is 28.9 Å². The number of carbonyl (C=O) groups is 2. The SMILES string of the molecule is CCc1ccccc1NC(=O)C[NH+](C)CC(=O)Nc1ccc([N+](=O)[O-])cc1C. The van der Waals surface area contributed by atoms with E-state index in [1.54, 1.807) is 14.0 Å². The predicted octanol–water partition coefficient (Wildman–Crippen LogP) is 1.56. The van der Waals surface area contributed by atoms with Crippen molar-refractivity contribution in [3.05, 3.63) is 63.7 Å². The first-order valence-electron chi connectivity index (χ1n) is 9.04. The minimum Gasteiger partial charge on any atom is -0.322 e. The van der Waals surface area contributed by atoms with Crippen LogP contribution in [-0.4, -0.2) is 36.9 Å². The summed E-state index contributed by atoms with van der Waals surface area (Å²) in [6.07, 6.45) is 0.816. The van der Waals surface area contributed by atoms with Gasteiger partial charge in [-0.05, 0) is 36.6 Å². The van der Waals surface area contributed by atoms with Crippen molar-refractivity contribution in [3.8, 4) is 0 Å². The van der Waals surface area contributed by atoms with Crippen LogP contribution in [0.15, 0.2) is 42.5 Å². The van der Waals surface area contributed by atoms with Gasteiger partial charge in [-0.15, -0.1) is 0 Å². The molecule has 2 rings (SSSR count). The number of benzene rings is 2. The first-order chi connectivity index (χ1) is 13.3. The topological polar surface area (TPSA) is 106 Å². The maximum absolute atomic E-state index is 12.3. The third-order valence-corrected chi connectivity index (χ3v) is 4.29. The summed E-state index contributed by atoms with van der Waals surface area (Å²) in [5.41, 5.74) is 2.94. The molecule has 0 radical (unpaired) electrons. The Morgan fingerprint density at radius 3 is 2.21 bits per heavy atom. The number of quaternary nitrogens is 1. The molecule has 2 amide bonds. The third-order valence-electron chi connectivity index (χ3n) is 4.29. The van der Waals surface area contributed by atoms with Gasteiger partial charge in [0.25, 0.3) is 17.5 Å². The third kappa shape index (κ3) is 5.88. The number of nitrogens with zero attached hydrogens (tertiary/aromatic N) is 1. The molecule has 0 aliphatic rings. The molecule has 0 fully saturated rings. The highest BCUT2D eigenvalue weighted by atomic mass is 16.6. The Kier molecular flexibility index (Phi) is 7.22. The monoisotopic (exact) mass is 385 g/mol. The number of carbonyl (C=O) groups excluding carboxylic acids is 2. The molecule has 28 heavy (non-hydrogen) atoms. The van der Waals surface area contributed by atoms with Crippen LogP contribution in [0.3, 0.4) is 0 Å². The van der Waals surface area contributed by atoms with E-state index in [-0.39, 0.29) is 30.6 Å². The lowest BCUT2D eigenvalue weighted by molar-refractivity contribution is -0.862. The number of hydrogen-bond donors (Lipinski definition) is 3. The van der Waals surface area contributed by atoms with Crippen LogP contribution in [0.25, 0.3) is 0 Å². The van der Waals surface area contributed by atoms with E-state index in [0.717, 1.165) is 22.6 Å². The highest BCUT2D eigenvalue weighted by molar-refractivity contribution is 5.94. The zero-order valence-electron chi connectivity index (χ0n) is 16.2. The molecule has 148 valence electrons. The highest BCUT2D eigenvalue weighted by Crippen LogP contribution is 2.20. The number of nitro groups is 1. The van der Waals surface area contributed by atoms with Gasteiger partial charge >= 0.3 is 0 Å². The Balaban J connectivity index is 1.88. The number of amides is 2. The lowest BCUT2D eigenvalue weighted by atomic mass is 10.1. The Hall–Kier alpha value is -3.26. The molecular weight excluding hydrogens is 360 g/mol. The van der Waals surface area contributed by atoms with Gasteiger partial charge in [-0.2, -0.15) is 0 Å². The average Bonchev–Trinajstić information content (AvgIpc) is 2.63. The summed E-state index contributed by atoms with van der Waals surface area (Å²) in [6.45, 7) is 3.95. The minimum absolute atomic E-state index is 0.0257. The average molecular weight is 385 g/mol. The van der Waals surface area contributed by atoms with E-state index >= 15 is 0 Å². The van der Waals surface area contributed by atoms with Crippen LogP contribution in [-0.2, 0) is 16.0 Å². The van der Waals surface area contributed by atoms with Crippen LogP contribution in [0.4, 0.5) is 17.1 Å². The summed E-state index contributed by atoms with van der Waals surface area (Å²) in [5, 5.41) is 16.4. The van der Waals surface area contributed by atoms with Crippen molar-refractivity contribution in [1.82, 2.24) is 0 Å². The van der Waals surface area contributed by atoms with Crippen molar-refractivity contribution < 1.29 is 19.4 Å². The number of rotatable bonds is 8. The molecule has 0 spiro atoms. The highest BCUT2D eigenvalue weighted by Gasteiger charge is 2.16. The molecule has 0 aliphatic heterocycles. The lowest BCUT2D eigenvalue weighted by Gasteiger charge is -2.15. The number of nitro benzene ring substituents is 1. The number of hydrogen-bond acceptors (Lipinski definition) is 4. The number of non-ortho nitro benzene ring substituents is 1. The maximum Gasteiger partial charge on any atom is 0.279 e. The van der Waals surface area contributed by atoms with Crippen molar-refractivity contribution in [2.24, 2.45) is 0 Å². The molecule has 8 heteroatoms. The smallest absolute Gasteiger partial charge is 0.279 e. The summed E-state index contributed by atoms with van der Waals surface area (Å²) in [6, 6.07) is 11.9. The summed E-state index contributed by atoms with van der Waals surface area (Å²) < 4.78 is 0. The minimum atomic E-state index is -0.480. The number of likely N-dealkylation sites (N-methyl/N-ethyl adjacent to an activating group) is 1. The van der Waals surface area contributed by atoms with Crippen LogP contribution in [0.5, 0.6) is 0 Å². The maximum atomic E-state index is 12.3. The summed E-state index contributed by atoms with van der Waals surface area (Å²) in [4.78, 5) is 35.5. The Bertz CT molecular complexity index is 882. The predicted molar refractivity (Wildman–Crippen MR) is 108 cm³/mol. The summed E-state index contributed by atoms with van der Waals surface area (Å²) in [7, 11) is 1.76. The van der Waals surface area contributed by atoms with Gasteiger partial charge in [0.1, 0.15) is 0 Å². The number of para-hydroxylation sites is 1. The molecule has 1 unspecified atom stereocenters. The van der Waals surface area contributed by atoms with Crippen molar-refractivity contribution in [1.29, 1.82) is 0 Å². The van der Waals surface area contributed by atoms with Gasteiger partial charge in [0.05, 0.1) is 12.0 Å². The van der Waals surface area contributed by atoms with Gasteiger partial charge in [0, 0.05) is 23.5 Å². The Morgan fingerprint density at radius 2 is 1.64 bits per heavy atom.